The summed E-state index contributed by atoms with van der Waals surface area (Å²) in [7, 11) is 2.38. The Kier molecular flexibility index (Phi) is 11.5. The minimum atomic E-state index is -5.04. The van der Waals surface area contributed by atoms with Crippen molar-refractivity contribution in [2.24, 2.45) is 50.7 Å². The van der Waals surface area contributed by atoms with Gasteiger partial charge >= 0.3 is 18.1 Å². The van der Waals surface area contributed by atoms with E-state index in [0.29, 0.717) is 47.3 Å². The lowest BCUT2D eigenvalue weighted by atomic mass is 9.41. The second-order valence-electron chi connectivity index (χ2n) is 20.2. The van der Waals surface area contributed by atoms with Crippen LogP contribution in [-0.4, -0.2) is 49.6 Å². The number of hydrogen-bond acceptors (Lipinski definition) is 7. The maximum Gasteiger partial charge on any atom is 0.432 e. The molecule has 5 aliphatic carbocycles. The van der Waals surface area contributed by atoms with E-state index in [-0.39, 0.29) is 51.0 Å². The van der Waals surface area contributed by atoms with E-state index >= 15 is 0 Å². The van der Waals surface area contributed by atoms with Crippen molar-refractivity contribution in [2.45, 2.75) is 136 Å². The molecule has 2 aromatic carbocycles. The predicted molar refractivity (Wildman–Crippen MR) is 225 cm³/mol. The molecule has 1 N–H and O–H groups in total. The molecule has 11 atom stereocenters. The first-order valence-corrected chi connectivity index (χ1v) is 22.0. The van der Waals surface area contributed by atoms with Gasteiger partial charge in [-0.2, -0.15) is 13.2 Å². The number of methoxy groups -OCH3 is 2. The number of benzene rings is 2. The summed E-state index contributed by atoms with van der Waals surface area (Å²) in [6.45, 7) is 17.7. The molecule has 0 aliphatic heterocycles. The van der Waals surface area contributed by atoms with Crippen molar-refractivity contribution in [3.05, 3.63) is 77.9 Å². The first kappa shape index (κ1) is 44.3. The van der Waals surface area contributed by atoms with E-state index < -0.39 is 23.9 Å². The Morgan fingerprint density at radius 3 is 2.23 bits per heavy atom. The SMILES string of the molecule is C=C(C)[C@H](CC[C@@H](C)[C@H]1CC[C@@]2(C)[C@@H]3CC[C@H]4C(C)(C)[C@@H](OC(=O)/C=C/c5ccc(O)c(OC)c5)CC[C@@]45C[C@@]35CC[C@]12C)OC(=O)[C@@](OC)(c1ccccc1)C(F)(F)F. The average Bonchev–Trinajstić information content (AvgIpc) is 3.78. The molecule has 7 rings (SSSR count). The number of esters is 2. The van der Waals surface area contributed by atoms with Crippen LogP contribution in [-0.2, 0) is 29.4 Å². The number of ether oxygens (including phenoxy) is 4. The summed E-state index contributed by atoms with van der Waals surface area (Å²) in [6.07, 6.45) is 8.25. The number of rotatable bonds is 13. The van der Waals surface area contributed by atoms with E-state index in [1.54, 1.807) is 37.3 Å². The Bertz CT molecular complexity index is 1990. The van der Waals surface area contributed by atoms with Crippen molar-refractivity contribution in [3.63, 3.8) is 0 Å². The predicted octanol–water partition coefficient (Wildman–Crippen LogP) is 11.8. The fourth-order valence-electron chi connectivity index (χ4n) is 14.3. The molecule has 60 heavy (non-hydrogen) atoms. The monoisotopic (exact) mass is 834 g/mol. The quantitative estimate of drug-likeness (QED) is 0.122. The van der Waals surface area contributed by atoms with Crippen LogP contribution in [0.15, 0.2) is 66.8 Å². The topological polar surface area (TPSA) is 91.3 Å². The van der Waals surface area contributed by atoms with Gasteiger partial charge in [0.05, 0.1) is 7.11 Å². The van der Waals surface area contributed by atoms with Gasteiger partial charge in [0.15, 0.2) is 11.5 Å². The fourth-order valence-corrected chi connectivity index (χ4v) is 14.3. The highest BCUT2D eigenvalue weighted by Crippen LogP contribution is 2.89. The second-order valence-corrected chi connectivity index (χ2v) is 20.2. The summed E-state index contributed by atoms with van der Waals surface area (Å²) in [5, 5.41) is 9.94. The highest BCUT2D eigenvalue weighted by atomic mass is 19.4. The Hall–Kier alpha value is -3.79. The van der Waals surface area contributed by atoms with Gasteiger partial charge < -0.3 is 24.1 Å². The molecule has 0 saturated heterocycles. The van der Waals surface area contributed by atoms with Gasteiger partial charge in [-0.25, -0.2) is 9.59 Å². The van der Waals surface area contributed by atoms with E-state index in [1.807, 2.05) is 0 Å². The van der Waals surface area contributed by atoms with E-state index in [9.17, 15) is 27.9 Å². The minimum absolute atomic E-state index is 0.0436. The zero-order valence-electron chi connectivity index (χ0n) is 36.8. The van der Waals surface area contributed by atoms with Crippen LogP contribution in [0.2, 0.25) is 0 Å². The van der Waals surface area contributed by atoms with Crippen LogP contribution >= 0.6 is 0 Å². The highest BCUT2D eigenvalue weighted by molar-refractivity contribution is 5.87. The number of phenols is 1. The van der Waals surface area contributed by atoms with Gasteiger partial charge in [0.25, 0.3) is 5.60 Å². The van der Waals surface area contributed by atoms with E-state index in [4.69, 9.17) is 18.9 Å². The minimum Gasteiger partial charge on any atom is -0.504 e. The molecule has 2 spiro atoms. The molecule has 328 valence electrons. The van der Waals surface area contributed by atoms with E-state index in [1.165, 1.54) is 56.7 Å². The van der Waals surface area contributed by atoms with Crippen LogP contribution in [0, 0.1) is 50.7 Å². The largest absolute Gasteiger partial charge is 0.504 e. The lowest BCUT2D eigenvalue weighted by Gasteiger charge is -2.63. The highest BCUT2D eigenvalue weighted by Gasteiger charge is 2.82. The first-order chi connectivity index (χ1) is 28.2. The van der Waals surface area contributed by atoms with E-state index in [0.717, 1.165) is 51.2 Å². The number of carbonyl (C=O) groups is 2. The standard InChI is InChI=1S/C50H65F3O7/c1-31(2)37(59-43(56)49(58-9,50(51,52)53)34-13-11-10-12-14-34)19-15-32(3)35-23-25-46(7)40-21-20-39-44(4,5)41(24-26-47(39)30-48(40,47)28-27-45(35,46)6)60-42(55)22-17-33-16-18-36(54)38(29-33)57-8/h10-14,16-18,22,29,32,35,37,39-41,54H,1,15,19-21,23-28,30H2,2-9H3/b22-17+/t32-,35-,37+,39+,40+,41+,45-,46+,47-,48+,49+/m1/s1. The van der Waals surface area contributed by atoms with Crippen LogP contribution in [0.3, 0.4) is 0 Å². The number of phenolic OH excluding ortho intramolecular Hbond substituents is 1. The molecule has 7 nitrogen and oxygen atoms in total. The van der Waals surface area contributed by atoms with Crippen molar-refractivity contribution in [1.82, 2.24) is 0 Å². The molecule has 0 unspecified atom stereocenters. The zero-order chi connectivity index (χ0) is 43.7. The van der Waals surface area contributed by atoms with Crippen molar-refractivity contribution < 1.29 is 46.8 Å². The number of fused-ring (bicyclic) bond motifs is 2. The number of hydrogen-bond donors (Lipinski definition) is 1. The Labute approximate surface area is 354 Å². The van der Waals surface area contributed by atoms with Crippen molar-refractivity contribution in [2.75, 3.05) is 14.2 Å². The molecular formula is C50H65F3O7. The molecule has 5 aliphatic rings. The van der Waals surface area contributed by atoms with Gasteiger partial charge in [0.2, 0.25) is 0 Å². The maximum atomic E-state index is 14.7. The van der Waals surface area contributed by atoms with Gasteiger partial charge in [-0.3, -0.25) is 0 Å². The van der Waals surface area contributed by atoms with Gasteiger partial charge in [0, 0.05) is 24.2 Å². The second kappa shape index (κ2) is 15.5. The van der Waals surface area contributed by atoms with Crippen LogP contribution in [0.5, 0.6) is 11.5 Å². The van der Waals surface area contributed by atoms with Crippen molar-refractivity contribution in [3.8, 4) is 11.5 Å². The van der Waals surface area contributed by atoms with Crippen molar-refractivity contribution >= 4 is 18.0 Å². The summed E-state index contributed by atoms with van der Waals surface area (Å²) >= 11 is 0. The summed E-state index contributed by atoms with van der Waals surface area (Å²) in [5.74, 6) is 0.356. The third kappa shape index (κ3) is 6.71. The maximum absolute atomic E-state index is 14.7. The van der Waals surface area contributed by atoms with Crippen LogP contribution in [0.1, 0.15) is 123 Å². The average molecular weight is 835 g/mol. The molecule has 0 heterocycles. The van der Waals surface area contributed by atoms with Crippen molar-refractivity contribution in [1.29, 1.82) is 0 Å². The number of carbonyl (C=O) groups excluding carboxylic acids is 2. The Morgan fingerprint density at radius 1 is 0.900 bits per heavy atom. The number of alkyl halides is 3. The summed E-state index contributed by atoms with van der Waals surface area (Å²) < 4.78 is 66.2. The third-order valence-electron chi connectivity index (χ3n) is 17.5. The zero-order valence-corrected chi connectivity index (χ0v) is 36.8. The normalized spacial score (nSPS) is 34.8. The molecule has 5 fully saturated rings. The molecule has 0 bridgehead atoms. The van der Waals surface area contributed by atoms with Crippen LogP contribution < -0.4 is 4.74 Å². The van der Waals surface area contributed by atoms with Crippen LogP contribution in [0.4, 0.5) is 13.2 Å². The van der Waals surface area contributed by atoms with Gasteiger partial charge in [-0.15, -0.1) is 0 Å². The molecule has 10 heteroatoms. The first-order valence-electron chi connectivity index (χ1n) is 22.0. The summed E-state index contributed by atoms with van der Waals surface area (Å²) in [6, 6.07) is 11.9. The Morgan fingerprint density at radius 2 is 1.58 bits per heavy atom. The van der Waals surface area contributed by atoms with Gasteiger partial charge in [0.1, 0.15) is 12.2 Å². The molecule has 2 aromatic rings. The van der Waals surface area contributed by atoms with Crippen LogP contribution in [0.25, 0.3) is 6.08 Å². The molecule has 5 saturated carbocycles. The summed E-state index contributed by atoms with van der Waals surface area (Å²) in [5.41, 5.74) is -1.65. The molecule has 0 amide bonds. The molecule has 0 aromatic heterocycles. The number of aromatic hydroxyl groups is 1. The van der Waals surface area contributed by atoms with Gasteiger partial charge in [-0.1, -0.05) is 77.6 Å². The summed E-state index contributed by atoms with van der Waals surface area (Å²) in [4.78, 5) is 26.8. The fraction of sp³-hybridized carbons (Fsp3) is 0.640. The number of halogens is 3. The Balaban J connectivity index is 1.01. The lowest BCUT2D eigenvalue weighted by Crippen LogP contribution is -2.58. The third-order valence-corrected chi connectivity index (χ3v) is 17.5. The lowest BCUT2D eigenvalue weighted by molar-refractivity contribution is -0.277. The van der Waals surface area contributed by atoms with Gasteiger partial charge in [-0.05, 0) is 152 Å². The molecular weight excluding hydrogens is 770 g/mol. The van der Waals surface area contributed by atoms with E-state index in [2.05, 4.69) is 41.2 Å². The smallest absolute Gasteiger partial charge is 0.432 e. The molecule has 0 radical (unpaired) electrons.